The Morgan fingerprint density at radius 3 is 2.69 bits per heavy atom. The largest absolute Gasteiger partial charge is 0.322 e. The first kappa shape index (κ1) is 11.1. The Morgan fingerprint density at radius 1 is 1.38 bits per heavy atom. The molecule has 16 heavy (non-hydrogen) atoms. The first-order chi connectivity index (χ1) is 7.58. The van der Waals surface area contributed by atoms with Gasteiger partial charge in [-0.05, 0) is 22.0 Å². The van der Waals surface area contributed by atoms with E-state index < -0.39 is 11.6 Å². The van der Waals surface area contributed by atoms with Gasteiger partial charge in [-0.15, -0.1) is 0 Å². The van der Waals surface area contributed by atoms with E-state index in [2.05, 4.69) is 26.2 Å². The van der Waals surface area contributed by atoms with Crippen LogP contribution in [-0.4, -0.2) is 9.55 Å². The zero-order valence-electron chi connectivity index (χ0n) is 8.34. The molecule has 2 rings (SSSR count). The number of anilines is 2. The summed E-state index contributed by atoms with van der Waals surface area (Å²) in [5.74, 6) is -0.823. The molecule has 0 aliphatic rings. The zero-order chi connectivity index (χ0) is 11.7. The maximum Gasteiger partial charge on any atom is 0.207 e. The van der Waals surface area contributed by atoms with Crippen molar-refractivity contribution in [2.24, 2.45) is 7.05 Å². The topological polar surface area (TPSA) is 29.9 Å². The van der Waals surface area contributed by atoms with Crippen molar-refractivity contribution in [1.29, 1.82) is 0 Å². The number of benzene rings is 1. The fraction of sp³-hybridized carbons (Fsp3) is 0.100. The molecule has 0 spiro atoms. The summed E-state index contributed by atoms with van der Waals surface area (Å²) >= 11 is 3.09. The second kappa shape index (κ2) is 4.21. The van der Waals surface area contributed by atoms with E-state index in [1.807, 2.05) is 0 Å². The molecule has 1 N–H and O–H groups in total. The van der Waals surface area contributed by atoms with Crippen molar-refractivity contribution >= 4 is 27.6 Å². The Kier molecular flexibility index (Phi) is 2.91. The maximum absolute atomic E-state index is 13.5. The van der Waals surface area contributed by atoms with Crippen molar-refractivity contribution in [3.8, 4) is 0 Å². The molecule has 0 fully saturated rings. The molecular weight excluding hydrogens is 280 g/mol. The second-order valence-corrected chi connectivity index (χ2v) is 4.09. The van der Waals surface area contributed by atoms with Crippen molar-refractivity contribution in [2.45, 2.75) is 0 Å². The Morgan fingerprint density at radius 2 is 2.12 bits per heavy atom. The Bertz CT molecular complexity index is 502. The van der Waals surface area contributed by atoms with Gasteiger partial charge < -0.3 is 9.88 Å². The van der Waals surface area contributed by atoms with E-state index >= 15 is 0 Å². The van der Waals surface area contributed by atoms with Crippen LogP contribution in [0.15, 0.2) is 29.0 Å². The van der Waals surface area contributed by atoms with Crippen LogP contribution in [0, 0.1) is 11.6 Å². The van der Waals surface area contributed by atoms with Gasteiger partial charge >= 0.3 is 0 Å². The average molecular weight is 288 g/mol. The smallest absolute Gasteiger partial charge is 0.207 e. The third kappa shape index (κ3) is 2.06. The monoisotopic (exact) mass is 287 g/mol. The predicted octanol–water partition coefficient (Wildman–Crippen LogP) is 3.20. The van der Waals surface area contributed by atoms with E-state index in [-0.39, 0.29) is 5.69 Å². The molecule has 0 radical (unpaired) electrons. The van der Waals surface area contributed by atoms with E-state index in [9.17, 15) is 8.78 Å². The van der Waals surface area contributed by atoms with Crippen LogP contribution in [0.25, 0.3) is 0 Å². The summed E-state index contributed by atoms with van der Waals surface area (Å²) in [6.07, 6.45) is 3.30. The number of halogens is 3. The van der Waals surface area contributed by atoms with Gasteiger partial charge in [0.15, 0.2) is 5.82 Å². The van der Waals surface area contributed by atoms with Gasteiger partial charge in [-0.3, -0.25) is 0 Å². The van der Waals surface area contributed by atoms with Crippen LogP contribution in [0.1, 0.15) is 0 Å². The molecule has 84 valence electrons. The molecule has 0 aliphatic carbocycles. The third-order valence-corrected chi connectivity index (χ3v) is 2.69. The highest BCUT2D eigenvalue weighted by atomic mass is 79.9. The lowest BCUT2D eigenvalue weighted by molar-refractivity contribution is 0.584. The molecule has 0 atom stereocenters. The maximum atomic E-state index is 13.5. The molecule has 1 aromatic carbocycles. The lowest BCUT2D eigenvalue weighted by Crippen LogP contribution is -2.01. The van der Waals surface area contributed by atoms with Crippen molar-refractivity contribution in [3.63, 3.8) is 0 Å². The van der Waals surface area contributed by atoms with Crippen LogP contribution in [0.2, 0.25) is 0 Å². The number of hydrogen-bond acceptors (Lipinski definition) is 2. The minimum atomic E-state index is -0.671. The molecule has 0 bridgehead atoms. The molecule has 0 saturated heterocycles. The molecule has 1 heterocycles. The Labute approximate surface area is 99.2 Å². The van der Waals surface area contributed by atoms with E-state index in [4.69, 9.17) is 0 Å². The highest BCUT2D eigenvalue weighted by Gasteiger charge is 2.11. The normalized spacial score (nSPS) is 10.5. The van der Waals surface area contributed by atoms with E-state index in [1.165, 1.54) is 6.07 Å². The first-order valence-electron chi connectivity index (χ1n) is 4.47. The highest BCUT2D eigenvalue weighted by Crippen LogP contribution is 2.28. The Balaban J connectivity index is 2.39. The number of hydrogen-bond donors (Lipinski definition) is 1. The van der Waals surface area contributed by atoms with Crippen LogP contribution in [0.4, 0.5) is 20.4 Å². The van der Waals surface area contributed by atoms with Gasteiger partial charge in [0.25, 0.3) is 0 Å². The lowest BCUT2D eigenvalue weighted by atomic mass is 10.3. The number of imidazole rings is 1. The first-order valence-corrected chi connectivity index (χ1v) is 5.26. The van der Waals surface area contributed by atoms with Crippen molar-refractivity contribution < 1.29 is 8.78 Å². The molecule has 0 amide bonds. The van der Waals surface area contributed by atoms with Crippen molar-refractivity contribution in [1.82, 2.24) is 9.55 Å². The van der Waals surface area contributed by atoms with Crippen LogP contribution < -0.4 is 5.32 Å². The van der Waals surface area contributed by atoms with Gasteiger partial charge in [0, 0.05) is 30.0 Å². The molecule has 0 unspecified atom stereocenters. The zero-order valence-corrected chi connectivity index (χ0v) is 9.92. The summed E-state index contributed by atoms with van der Waals surface area (Å²) < 4.78 is 28.3. The number of aromatic nitrogens is 2. The molecule has 3 nitrogen and oxygen atoms in total. The number of rotatable bonds is 2. The minimum absolute atomic E-state index is 0.163. The van der Waals surface area contributed by atoms with Crippen LogP contribution in [0.3, 0.4) is 0 Å². The van der Waals surface area contributed by atoms with Crippen molar-refractivity contribution in [2.75, 3.05) is 5.32 Å². The number of nitrogens with one attached hydrogen (secondary N) is 1. The van der Waals surface area contributed by atoms with Gasteiger partial charge in [-0.2, -0.15) is 0 Å². The van der Waals surface area contributed by atoms with E-state index in [1.54, 1.807) is 24.0 Å². The summed E-state index contributed by atoms with van der Waals surface area (Å²) in [6, 6.07) is 2.00. The summed E-state index contributed by atoms with van der Waals surface area (Å²) in [5, 5.41) is 2.78. The van der Waals surface area contributed by atoms with Crippen LogP contribution in [-0.2, 0) is 7.05 Å². The van der Waals surface area contributed by atoms with Gasteiger partial charge in [0.2, 0.25) is 5.95 Å². The van der Waals surface area contributed by atoms with Gasteiger partial charge in [0.1, 0.15) is 5.82 Å². The lowest BCUT2D eigenvalue weighted by Gasteiger charge is -2.09. The van der Waals surface area contributed by atoms with Gasteiger partial charge in [0.05, 0.1) is 5.69 Å². The molecular formula is C10H8BrF2N3. The molecule has 2 aromatic rings. The van der Waals surface area contributed by atoms with E-state index in [0.29, 0.717) is 10.4 Å². The highest BCUT2D eigenvalue weighted by molar-refractivity contribution is 9.10. The quantitative estimate of drug-likeness (QED) is 0.919. The van der Waals surface area contributed by atoms with Crippen LogP contribution in [0.5, 0.6) is 0 Å². The number of nitrogens with zero attached hydrogens (tertiary/aromatic N) is 2. The summed E-state index contributed by atoms with van der Waals surface area (Å²) in [6.45, 7) is 0. The molecule has 1 aromatic heterocycles. The predicted molar refractivity (Wildman–Crippen MR) is 60.5 cm³/mol. The third-order valence-electron chi connectivity index (χ3n) is 2.06. The summed E-state index contributed by atoms with van der Waals surface area (Å²) in [4.78, 5) is 3.99. The fourth-order valence-corrected chi connectivity index (χ4v) is 1.77. The average Bonchev–Trinajstić information content (AvgIpc) is 2.57. The second-order valence-electron chi connectivity index (χ2n) is 3.23. The summed E-state index contributed by atoms with van der Waals surface area (Å²) in [7, 11) is 1.77. The summed E-state index contributed by atoms with van der Waals surface area (Å²) in [5.41, 5.74) is 0.163. The van der Waals surface area contributed by atoms with Crippen molar-refractivity contribution in [3.05, 3.63) is 40.6 Å². The van der Waals surface area contributed by atoms with Crippen LogP contribution >= 0.6 is 15.9 Å². The molecule has 0 saturated carbocycles. The van der Waals surface area contributed by atoms with E-state index in [0.717, 1.165) is 6.07 Å². The molecule has 0 aliphatic heterocycles. The minimum Gasteiger partial charge on any atom is -0.322 e. The number of aryl methyl sites for hydroxylation is 1. The van der Waals surface area contributed by atoms with Gasteiger partial charge in [-0.1, -0.05) is 0 Å². The SMILES string of the molecule is Cn1ccnc1Nc1c(F)cc(F)cc1Br. The fourth-order valence-electron chi connectivity index (χ4n) is 1.26. The standard InChI is InChI=1S/C10H8BrF2N3/c1-16-3-2-14-10(16)15-9-7(11)4-6(12)5-8(9)13/h2-5H,1H3,(H,14,15). The van der Waals surface area contributed by atoms with Gasteiger partial charge in [-0.25, -0.2) is 13.8 Å². The Hall–Kier alpha value is -1.43. The molecule has 6 heteroatoms.